The molecule has 0 bridgehead atoms. The zero-order valence-corrected chi connectivity index (χ0v) is 12.3. The second kappa shape index (κ2) is 5.74. The van der Waals surface area contributed by atoms with Crippen LogP contribution in [0.2, 0.25) is 0 Å². The van der Waals surface area contributed by atoms with Crippen molar-refractivity contribution in [1.82, 2.24) is 20.0 Å². The number of rotatable bonds is 3. The summed E-state index contributed by atoms with van der Waals surface area (Å²) in [4.78, 5) is 14.7. The summed E-state index contributed by atoms with van der Waals surface area (Å²) in [6.45, 7) is 7.92. The molecule has 0 radical (unpaired) electrons. The summed E-state index contributed by atoms with van der Waals surface area (Å²) in [6, 6.07) is 0.693. The monoisotopic (exact) mass is 264 g/mol. The highest BCUT2D eigenvalue weighted by Gasteiger charge is 2.31. The Hall–Kier alpha value is -1.36. The van der Waals surface area contributed by atoms with Crippen molar-refractivity contribution in [2.24, 2.45) is 7.05 Å². The van der Waals surface area contributed by atoms with Gasteiger partial charge >= 0.3 is 0 Å². The quantitative estimate of drug-likeness (QED) is 0.896. The maximum absolute atomic E-state index is 12.7. The Morgan fingerprint density at radius 3 is 2.74 bits per heavy atom. The van der Waals surface area contributed by atoms with Gasteiger partial charge in [-0.05, 0) is 19.8 Å². The van der Waals surface area contributed by atoms with E-state index in [1.165, 1.54) is 0 Å². The van der Waals surface area contributed by atoms with Crippen molar-refractivity contribution in [2.75, 3.05) is 13.1 Å². The number of hydrogen-bond acceptors (Lipinski definition) is 3. The summed E-state index contributed by atoms with van der Waals surface area (Å²) in [6.07, 6.45) is 3.72. The number of piperazine rings is 1. The lowest BCUT2D eigenvalue weighted by Crippen LogP contribution is -2.57. The van der Waals surface area contributed by atoms with Gasteiger partial charge in [0.2, 0.25) is 0 Å². The van der Waals surface area contributed by atoms with Crippen molar-refractivity contribution < 1.29 is 4.79 Å². The number of nitrogens with zero attached hydrogens (tertiary/aromatic N) is 3. The summed E-state index contributed by atoms with van der Waals surface area (Å²) >= 11 is 0. The summed E-state index contributed by atoms with van der Waals surface area (Å²) < 4.78 is 1.76. The van der Waals surface area contributed by atoms with Crippen molar-refractivity contribution >= 4 is 5.91 Å². The Kier molecular flexibility index (Phi) is 4.24. The first-order valence-corrected chi connectivity index (χ1v) is 7.11. The van der Waals surface area contributed by atoms with Crippen molar-refractivity contribution in [3.05, 3.63) is 17.5 Å². The third-order valence-corrected chi connectivity index (χ3v) is 4.19. The Balaban J connectivity index is 2.21. The minimum absolute atomic E-state index is 0.123. The predicted molar refractivity (Wildman–Crippen MR) is 75.1 cm³/mol. The fourth-order valence-electron chi connectivity index (χ4n) is 2.61. The fraction of sp³-hybridized carbons (Fsp3) is 0.714. The van der Waals surface area contributed by atoms with Gasteiger partial charge in [0.05, 0.1) is 11.8 Å². The number of carbonyl (C=O) groups excluding carboxylic acids is 1. The molecule has 2 unspecified atom stereocenters. The fourth-order valence-corrected chi connectivity index (χ4v) is 2.61. The van der Waals surface area contributed by atoms with Crippen molar-refractivity contribution in [1.29, 1.82) is 0 Å². The Labute approximate surface area is 115 Å². The topological polar surface area (TPSA) is 50.2 Å². The smallest absolute Gasteiger partial charge is 0.257 e. The lowest BCUT2D eigenvalue weighted by molar-refractivity contribution is 0.0575. The zero-order valence-electron chi connectivity index (χ0n) is 12.3. The minimum Gasteiger partial charge on any atom is -0.333 e. The van der Waals surface area contributed by atoms with Gasteiger partial charge in [-0.3, -0.25) is 9.48 Å². The first-order chi connectivity index (χ1) is 9.08. The minimum atomic E-state index is 0.123. The molecule has 1 saturated heterocycles. The third-order valence-electron chi connectivity index (χ3n) is 4.19. The zero-order chi connectivity index (χ0) is 14.0. The van der Waals surface area contributed by atoms with Crippen molar-refractivity contribution in [2.45, 2.75) is 45.7 Å². The molecule has 1 N–H and O–H groups in total. The largest absolute Gasteiger partial charge is 0.333 e. The van der Waals surface area contributed by atoms with E-state index in [-0.39, 0.29) is 11.9 Å². The van der Waals surface area contributed by atoms with Crippen LogP contribution in [0.3, 0.4) is 0 Å². The van der Waals surface area contributed by atoms with Gasteiger partial charge < -0.3 is 10.2 Å². The van der Waals surface area contributed by atoms with Crippen LogP contribution in [0.1, 0.15) is 42.7 Å². The first-order valence-electron chi connectivity index (χ1n) is 7.11. The molecular formula is C14H24N4O. The third kappa shape index (κ3) is 2.66. The van der Waals surface area contributed by atoms with Gasteiger partial charge in [-0.15, -0.1) is 0 Å². The first kappa shape index (κ1) is 14.1. The normalized spacial score (nSPS) is 23.7. The van der Waals surface area contributed by atoms with E-state index in [0.29, 0.717) is 6.04 Å². The molecule has 0 spiro atoms. The molecule has 2 rings (SSSR count). The van der Waals surface area contributed by atoms with Crippen molar-refractivity contribution in [3.8, 4) is 0 Å². The molecule has 1 fully saturated rings. The summed E-state index contributed by atoms with van der Waals surface area (Å²) in [5, 5.41) is 7.69. The van der Waals surface area contributed by atoms with Gasteiger partial charge in [-0.2, -0.15) is 5.10 Å². The van der Waals surface area contributed by atoms with E-state index in [2.05, 4.69) is 24.3 Å². The Bertz CT molecular complexity index is 454. The van der Waals surface area contributed by atoms with Crippen LogP contribution in [0.5, 0.6) is 0 Å². The molecule has 5 nitrogen and oxygen atoms in total. The molecule has 0 aliphatic carbocycles. The molecule has 1 aromatic heterocycles. The average Bonchev–Trinajstić information content (AvgIpc) is 2.77. The van der Waals surface area contributed by atoms with Crippen LogP contribution in [0.4, 0.5) is 0 Å². The van der Waals surface area contributed by atoms with Crippen LogP contribution in [0.25, 0.3) is 0 Å². The SMILES string of the molecule is CCC1CN(C(=O)c2cnn(C)c2C)C(CC)CN1. The van der Waals surface area contributed by atoms with Crippen LogP contribution >= 0.6 is 0 Å². The summed E-state index contributed by atoms with van der Waals surface area (Å²) in [5.41, 5.74) is 1.67. The van der Waals surface area contributed by atoms with Gasteiger partial charge in [-0.1, -0.05) is 13.8 Å². The highest BCUT2D eigenvalue weighted by atomic mass is 16.2. The Morgan fingerprint density at radius 2 is 2.21 bits per heavy atom. The van der Waals surface area contributed by atoms with Gasteiger partial charge in [0.1, 0.15) is 0 Å². The lowest BCUT2D eigenvalue weighted by Gasteiger charge is -2.40. The van der Waals surface area contributed by atoms with Crippen molar-refractivity contribution in [3.63, 3.8) is 0 Å². The molecule has 5 heteroatoms. The van der Waals surface area contributed by atoms with Gasteiger partial charge in [-0.25, -0.2) is 0 Å². The van der Waals surface area contributed by atoms with E-state index in [1.807, 2.05) is 18.9 Å². The van der Waals surface area contributed by atoms with E-state index in [4.69, 9.17) is 0 Å². The van der Waals surface area contributed by atoms with Crippen LogP contribution in [0.15, 0.2) is 6.20 Å². The van der Waals surface area contributed by atoms with E-state index < -0.39 is 0 Å². The Morgan fingerprint density at radius 1 is 1.47 bits per heavy atom. The molecule has 2 heterocycles. The maximum atomic E-state index is 12.7. The van der Waals surface area contributed by atoms with E-state index in [1.54, 1.807) is 10.9 Å². The summed E-state index contributed by atoms with van der Waals surface area (Å²) in [5.74, 6) is 0.123. The molecule has 1 aromatic rings. The molecular weight excluding hydrogens is 240 g/mol. The molecule has 1 aliphatic rings. The van der Waals surface area contributed by atoms with Crippen LogP contribution in [-0.2, 0) is 7.05 Å². The van der Waals surface area contributed by atoms with Crippen LogP contribution in [0, 0.1) is 6.92 Å². The molecule has 106 valence electrons. The number of carbonyl (C=O) groups is 1. The van der Waals surface area contributed by atoms with Gasteiger partial charge in [0.15, 0.2) is 0 Å². The predicted octanol–water partition coefficient (Wildman–Crippen LogP) is 1.33. The number of aromatic nitrogens is 2. The van der Waals surface area contributed by atoms with Crippen LogP contribution < -0.4 is 5.32 Å². The van der Waals surface area contributed by atoms with E-state index in [0.717, 1.165) is 37.2 Å². The molecule has 0 saturated carbocycles. The standard InChI is InChI=1S/C14H24N4O/c1-5-11-9-18(12(6-2)7-15-11)14(19)13-8-16-17(4)10(13)3/h8,11-12,15H,5-7,9H2,1-4H3. The average molecular weight is 264 g/mol. The molecule has 1 amide bonds. The van der Waals surface area contributed by atoms with E-state index in [9.17, 15) is 4.79 Å². The summed E-state index contributed by atoms with van der Waals surface area (Å²) in [7, 11) is 1.87. The van der Waals surface area contributed by atoms with Gasteiger partial charge in [0, 0.05) is 37.9 Å². The number of amides is 1. The molecule has 1 aliphatic heterocycles. The van der Waals surface area contributed by atoms with Gasteiger partial charge in [0.25, 0.3) is 5.91 Å². The highest BCUT2D eigenvalue weighted by molar-refractivity contribution is 5.95. The van der Waals surface area contributed by atoms with Crippen LogP contribution in [-0.4, -0.2) is 45.8 Å². The van der Waals surface area contributed by atoms with E-state index >= 15 is 0 Å². The highest BCUT2D eigenvalue weighted by Crippen LogP contribution is 2.17. The number of hydrogen-bond donors (Lipinski definition) is 1. The molecule has 19 heavy (non-hydrogen) atoms. The second-order valence-corrected chi connectivity index (χ2v) is 5.30. The second-order valence-electron chi connectivity index (χ2n) is 5.30. The molecule has 0 aromatic carbocycles. The number of aryl methyl sites for hydroxylation is 1. The lowest BCUT2D eigenvalue weighted by atomic mass is 10.0. The number of nitrogens with one attached hydrogen (secondary N) is 1. The maximum Gasteiger partial charge on any atom is 0.257 e. The molecule has 2 atom stereocenters.